The summed E-state index contributed by atoms with van der Waals surface area (Å²) in [7, 11) is 0. The van der Waals surface area contributed by atoms with Crippen LogP contribution in [0.2, 0.25) is 0 Å². The van der Waals surface area contributed by atoms with E-state index in [0.717, 1.165) is 17.1 Å². The third-order valence-corrected chi connectivity index (χ3v) is 5.47. The van der Waals surface area contributed by atoms with Crippen LogP contribution in [-0.2, 0) is 14.3 Å². The molecular formula is C15H23NO4S. The highest BCUT2D eigenvalue weighted by atomic mass is 32.2. The molecule has 2 aliphatic heterocycles. The highest BCUT2D eigenvalue weighted by molar-refractivity contribution is 8.03. The summed E-state index contributed by atoms with van der Waals surface area (Å²) in [6.07, 6.45) is 0.381. The second-order valence-electron chi connectivity index (χ2n) is 6.17. The number of ether oxygens (including phenoxy) is 1. The van der Waals surface area contributed by atoms with Crippen molar-refractivity contribution in [2.24, 2.45) is 17.8 Å². The average Bonchev–Trinajstić information content (AvgIpc) is 2.60. The zero-order valence-corrected chi connectivity index (χ0v) is 13.7. The molecule has 0 aromatic heterocycles. The van der Waals surface area contributed by atoms with Crippen LogP contribution in [0, 0.1) is 17.8 Å². The van der Waals surface area contributed by atoms with Crippen molar-refractivity contribution in [1.82, 2.24) is 4.90 Å². The largest absolute Gasteiger partial charge is 0.411 e. The van der Waals surface area contributed by atoms with Crippen molar-refractivity contribution in [3.63, 3.8) is 0 Å². The highest BCUT2D eigenvalue weighted by Crippen LogP contribution is 2.50. The minimum Gasteiger partial charge on any atom is -0.411 e. The molecule has 6 heteroatoms. The lowest BCUT2D eigenvalue weighted by molar-refractivity contribution is -0.164. The van der Waals surface area contributed by atoms with Crippen molar-refractivity contribution in [2.45, 2.75) is 46.3 Å². The summed E-state index contributed by atoms with van der Waals surface area (Å²) in [5, 5.41) is 9.78. The van der Waals surface area contributed by atoms with Crippen LogP contribution in [0.15, 0.2) is 10.8 Å². The Labute approximate surface area is 129 Å². The summed E-state index contributed by atoms with van der Waals surface area (Å²) in [4.78, 5) is 25.4. The molecule has 0 bridgehead atoms. The normalized spacial score (nSPS) is 29.5. The smallest absolute Gasteiger partial charge is 0.299 e. The summed E-state index contributed by atoms with van der Waals surface area (Å²) in [5.41, 5.74) is 0. The fraction of sp³-hybridized carbons (Fsp3) is 0.733. The van der Waals surface area contributed by atoms with Gasteiger partial charge in [0, 0.05) is 5.92 Å². The average molecular weight is 313 g/mol. The van der Waals surface area contributed by atoms with E-state index in [-0.39, 0.29) is 17.9 Å². The molecule has 0 radical (unpaired) electrons. The number of aliphatic hydroxyl groups excluding tert-OH is 1. The van der Waals surface area contributed by atoms with E-state index in [0.29, 0.717) is 18.3 Å². The number of hydrogen-bond acceptors (Lipinski definition) is 5. The van der Waals surface area contributed by atoms with Gasteiger partial charge in [0.2, 0.25) is 11.8 Å². The van der Waals surface area contributed by atoms with Gasteiger partial charge in [-0.1, -0.05) is 20.8 Å². The van der Waals surface area contributed by atoms with Crippen LogP contribution in [0.3, 0.4) is 0 Å². The maximum atomic E-state index is 12.2. The van der Waals surface area contributed by atoms with Crippen molar-refractivity contribution < 1.29 is 19.4 Å². The summed E-state index contributed by atoms with van der Waals surface area (Å²) in [5.74, 6) is 1.45. The molecule has 1 fully saturated rings. The first-order chi connectivity index (χ1) is 9.90. The van der Waals surface area contributed by atoms with Crippen LogP contribution < -0.4 is 0 Å². The van der Waals surface area contributed by atoms with Gasteiger partial charge in [-0.25, -0.2) is 0 Å². The molecule has 5 nitrogen and oxygen atoms in total. The van der Waals surface area contributed by atoms with E-state index in [9.17, 15) is 14.7 Å². The molecule has 4 unspecified atom stereocenters. The van der Waals surface area contributed by atoms with Crippen LogP contribution in [-0.4, -0.2) is 40.3 Å². The van der Waals surface area contributed by atoms with Gasteiger partial charge < -0.3 is 9.84 Å². The first kappa shape index (κ1) is 16.4. The number of fused-ring (bicyclic) bond motifs is 1. The fourth-order valence-electron chi connectivity index (χ4n) is 3.02. The molecule has 0 spiro atoms. The summed E-state index contributed by atoms with van der Waals surface area (Å²) in [6.45, 7) is 8.36. The lowest BCUT2D eigenvalue weighted by Gasteiger charge is -2.45. The molecule has 4 atom stereocenters. The number of nitrogens with zero attached hydrogens (tertiary/aromatic N) is 1. The number of carbonyl (C=O) groups is 2. The summed E-state index contributed by atoms with van der Waals surface area (Å²) >= 11 is 1.65. The quantitative estimate of drug-likeness (QED) is 0.575. The Kier molecular flexibility index (Phi) is 4.99. The Bertz CT molecular complexity index is 461. The molecule has 0 aliphatic carbocycles. The molecule has 2 heterocycles. The minimum atomic E-state index is -0.682. The van der Waals surface area contributed by atoms with Crippen LogP contribution in [0.1, 0.15) is 34.1 Å². The molecule has 0 saturated carbocycles. The van der Waals surface area contributed by atoms with Gasteiger partial charge in [0.15, 0.2) is 0 Å². The SMILES string of the molecule is CC(C)CCSC1=C(OC=O)N2C(=O)C(C(C)O)C2C1C. The Morgan fingerprint density at radius 2 is 2.10 bits per heavy atom. The van der Waals surface area contributed by atoms with Crippen molar-refractivity contribution in [2.75, 3.05) is 5.75 Å². The number of thioether (sulfide) groups is 1. The van der Waals surface area contributed by atoms with Gasteiger partial charge in [0.05, 0.1) is 23.0 Å². The Morgan fingerprint density at radius 1 is 1.43 bits per heavy atom. The fourth-order valence-corrected chi connectivity index (χ4v) is 4.50. The van der Waals surface area contributed by atoms with Gasteiger partial charge in [-0.2, -0.15) is 0 Å². The predicted octanol–water partition coefficient (Wildman–Crippen LogP) is 1.97. The van der Waals surface area contributed by atoms with Crippen molar-refractivity contribution in [3.05, 3.63) is 10.8 Å². The molecule has 2 rings (SSSR count). The lowest BCUT2D eigenvalue weighted by atomic mass is 9.79. The maximum Gasteiger partial charge on any atom is 0.299 e. The minimum absolute atomic E-state index is 0.0889. The number of aliphatic hydroxyl groups is 1. The van der Waals surface area contributed by atoms with E-state index in [1.807, 2.05) is 6.92 Å². The number of hydrogen-bond donors (Lipinski definition) is 1. The Hall–Kier alpha value is -1.01. The van der Waals surface area contributed by atoms with Crippen molar-refractivity contribution in [3.8, 4) is 0 Å². The van der Waals surface area contributed by atoms with Crippen molar-refractivity contribution in [1.29, 1.82) is 0 Å². The van der Waals surface area contributed by atoms with Gasteiger partial charge >= 0.3 is 0 Å². The Balaban J connectivity index is 2.17. The molecule has 1 N–H and O–H groups in total. The van der Waals surface area contributed by atoms with E-state index in [4.69, 9.17) is 4.74 Å². The molecule has 0 aromatic rings. The molecule has 0 aromatic carbocycles. The lowest BCUT2D eigenvalue weighted by Crippen LogP contribution is -2.63. The second-order valence-corrected chi connectivity index (χ2v) is 7.31. The van der Waals surface area contributed by atoms with E-state index in [1.165, 1.54) is 4.90 Å². The topological polar surface area (TPSA) is 66.8 Å². The van der Waals surface area contributed by atoms with E-state index < -0.39 is 12.0 Å². The number of carbonyl (C=O) groups excluding carboxylic acids is 2. The third kappa shape index (κ3) is 2.83. The van der Waals surface area contributed by atoms with Crippen molar-refractivity contribution >= 4 is 24.1 Å². The van der Waals surface area contributed by atoms with Gasteiger partial charge in [0.25, 0.3) is 6.47 Å². The van der Waals surface area contributed by atoms with E-state index in [2.05, 4.69) is 13.8 Å². The summed E-state index contributed by atoms with van der Waals surface area (Å²) < 4.78 is 5.08. The number of β-lactam (4-membered cyclic amide) rings is 1. The van der Waals surface area contributed by atoms with Crippen LogP contribution in [0.25, 0.3) is 0 Å². The van der Waals surface area contributed by atoms with Crippen LogP contribution in [0.4, 0.5) is 0 Å². The zero-order valence-electron chi connectivity index (χ0n) is 12.9. The third-order valence-electron chi connectivity index (χ3n) is 4.18. The monoisotopic (exact) mass is 313 g/mol. The maximum absolute atomic E-state index is 12.2. The first-order valence-corrected chi connectivity index (χ1v) is 8.37. The zero-order chi connectivity index (χ0) is 15.7. The van der Waals surface area contributed by atoms with Gasteiger partial charge in [0.1, 0.15) is 0 Å². The van der Waals surface area contributed by atoms with E-state index in [1.54, 1.807) is 18.7 Å². The van der Waals surface area contributed by atoms with Gasteiger partial charge in [-0.3, -0.25) is 14.5 Å². The predicted molar refractivity (Wildman–Crippen MR) is 81.1 cm³/mol. The molecule has 2 aliphatic rings. The molecule has 1 saturated heterocycles. The van der Waals surface area contributed by atoms with E-state index >= 15 is 0 Å². The molecule has 1 amide bonds. The first-order valence-electron chi connectivity index (χ1n) is 7.38. The van der Waals surface area contributed by atoms with Crippen LogP contribution >= 0.6 is 11.8 Å². The number of amides is 1. The molecule has 118 valence electrons. The highest BCUT2D eigenvalue weighted by Gasteiger charge is 2.59. The summed E-state index contributed by atoms with van der Waals surface area (Å²) in [6, 6.07) is -0.0889. The van der Waals surface area contributed by atoms with Gasteiger partial charge in [-0.15, -0.1) is 11.8 Å². The standard InChI is InChI=1S/C15H23NO4S/c1-8(2)5-6-21-13-9(3)12-11(10(4)18)14(19)16(12)15(13)20-7-17/h7-12,18H,5-6H2,1-4H3. The molecule has 21 heavy (non-hydrogen) atoms. The second kappa shape index (κ2) is 6.40. The Morgan fingerprint density at radius 3 is 2.62 bits per heavy atom. The van der Waals surface area contributed by atoms with Gasteiger partial charge in [-0.05, 0) is 25.0 Å². The number of rotatable bonds is 7. The molecular weight excluding hydrogens is 290 g/mol. The van der Waals surface area contributed by atoms with Crippen LogP contribution in [0.5, 0.6) is 0 Å².